The number of hydrogen-bond acceptors (Lipinski definition) is 2. The highest BCUT2D eigenvalue weighted by Gasteiger charge is 2.17. The van der Waals surface area contributed by atoms with Crippen molar-refractivity contribution in [2.24, 2.45) is 0 Å². The third-order valence-electron chi connectivity index (χ3n) is 9.87. The molecule has 0 N–H and O–H groups in total. The van der Waals surface area contributed by atoms with Gasteiger partial charge in [0, 0.05) is 27.8 Å². The summed E-state index contributed by atoms with van der Waals surface area (Å²) >= 11 is 0. The Morgan fingerprint density at radius 2 is 1.16 bits per heavy atom. The molecule has 9 rings (SSSR count). The fourth-order valence-corrected chi connectivity index (χ4v) is 7.34. The molecule has 0 bridgehead atoms. The standard InChI is InChI=1S/C49H35NO/c1-2-3-14-39(25-18-34-11-5-4-6-12-34)50(41-28-31-49-47(33-41)45-16-9-10-17-48(45)51-49)40-26-21-35(22-27-40)38-20-19-37-24-29-43-42-15-8-7-13-36(42)23-30-44(43)46(37)32-38/h2-17,19-33H,1,18H2/b14-3-,39-25+. The predicted octanol–water partition coefficient (Wildman–Crippen LogP) is 13.7. The Bertz CT molecular complexity index is 2780. The summed E-state index contributed by atoms with van der Waals surface area (Å²) in [5.41, 5.74) is 8.57. The maximum absolute atomic E-state index is 6.21. The Morgan fingerprint density at radius 1 is 0.510 bits per heavy atom. The normalized spacial score (nSPS) is 12.1. The van der Waals surface area contributed by atoms with E-state index in [0.29, 0.717) is 0 Å². The van der Waals surface area contributed by atoms with Crippen LogP contribution in [0.3, 0.4) is 0 Å². The molecule has 2 nitrogen and oxygen atoms in total. The van der Waals surface area contributed by atoms with Crippen LogP contribution in [0.25, 0.3) is 65.4 Å². The van der Waals surface area contributed by atoms with E-state index in [0.717, 1.165) is 45.4 Å². The minimum atomic E-state index is 0.795. The summed E-state index contributed by atoms with van der Waals surface area (Å²) < 4.78 is 6.21. The van der Waals surface area contributed by atoms with Crippen molar-refractivity contribution in [3.63, 3.8) is 0 Å². The molecule has 0 fully saturated rings. The molecule has 0 spiro atoms. The molecular weight excluding hydrogens is 619 g/mol. The summed E-state index contributed by atoms with van der Waals surface area (Å²) in [6, 6.07) is 58.7. The molecular formula is C49H35NO. The maximum atomic E-state index is 6.21. The Balaban J connectivity index is 1.16. The zero-order valence-corrected chi connectivity index (χ0v) is 28.2. The Morgan fingerprint density at radius 3 is 1.98 bits per heavy atom. The van der Waals surface area contributed by atoms with Gasteiger partial charge in [-0.05, 0) is 104 Å². The maximum Gasteiger partial charge on any atom is 0.135 e. The summed E-state index contributed by atoms with van der Waals surface area (Å²) in [7, 11) is 0. The number of anilines is 2. The molecule has 0 aliphatic carbocycles. The van der Waals surface area contributed by atoms with Crippen LogP contribution in [0.5, 0.6) is 0 Å². The van der Waals surface area contributed by atoms with Gasteiger partial charge in [0.2, 0.25) is 0 Å². The van der Waals surface area contributed by atoms with Crippen molar-refractivity contribution in [3.8, 4) is 11.1 Å². The molecule has 0 radical (unpaired) electrons. The number of fused-ring (bicyclic) bond motifs is 8. The number of para-hydroxylation sites is 1. The molecule has 0 amide bonds. The average Bonchev–Trinajstić information content (AvgIpc) is 3.57. The molecule has 51 heavy (non-hydrogen) atoms. The molecule has 1 heterocycles. The molecule has 1 aromatic heterocycles. The summed E-state index contributed by atoms with van der Waals surface area (Å²) in [5.74, 6) is 0. The van der Waals surface area contributed by atoms with Crippen LogP contribution in [0.4, 0.5) is 11.4 Å². The molecule has 0 atom stereocenters. The summed E-state index contributed by atoms with van der Waals surface area (Å²) in [6.45, 7) is 3.98. The van der Waals surface area contributed by atoms with Gasteiger partial charge < -0.3 is 9.32 Å². The van der Waals surface area contributed by atoms with Gasteiger partial charge in [-0.25, -0.2) is 0 Å². The largest absolute Gasteiger partial charge is 0.456 e. The first kappa shape index (κ1) is 30.4. The average molecular weight is 654 g/mol. The van der Waals surface area contributed by atoms with Crippen LogP contribution in [0.1, 0.15) is 5.56 Å². The Kier molecular flexibility index (Phi) is 7.75. The molecule has 8 aromatic carbocycles. The lowest BCUT2D eigenvalue weighted by atomic mass is 9.94. The highest BCUT2D eigenvalue weighted by molar-refractivity contribution is 6.17. The first-order valence-electron chi connectivity index (χ1n) is 17.4. The van der Waals surface area contributed by atoms with Crippen LogP contribution in [0.15, 0.2) is 205 Å². The van der Waals surface area contributed by atoms with E-state index in [-0.39, 0.29) is 0 Å². The number of allylic oxidation sites excluding steroid dienone is 4. The lowest BCUT2D eigenvalue weighted by Gasteiger charge is -2.27. The lowest BCUT2D eigenvalue weighted by molar-refractivity contribution is 0.669. The van der Waals surface area contributed by atoms with Crippen LogP contribution in [0, 0.1) is 0 Å². The van der Waals surface area contributed by atoms with Crippen molar-refractivity contribution in [2.45, 2.75) is 6.42 Å². The van der Waals surface area contributed by atoms with E-state index in [1.807, 2.05) is 24.3 Å². The van der Waals surface area contributed by atoms with E-state index >= 15 is 0 Å². The molecule has 0 aliphatic rings. The van der Waals surface area contributed by atoms with Crippen molar-refractivity contribution < 1.29 is 4.42 Å². The first-order chi connectivity index (χ1) is 25.2. The molecule has 242 valence electrons. The van der Waals surface area contributed by atoms with Gasteiger partial charge in [-0.15, -0.1) is 0 Å². The molecule has 0 unspecified atom stereocenters. The van der Waals surface area contributed by atoms with Crippen molar-refractivity contribution in [2.75, 3.05) is 4.90 Å². The molecule has 0 saturated carbocycles. The molecule has 9 aromatic rings. The SMILES string of the molecule is C=C/C=C\C(=C/Cc1ccccc1)N(c1ccc(-c2ccc3ccc4c5ccccc5ccc4c3c2)cc1)c1ccc2oc3ccccc3c2c1. The van der Waals surface area contributed by atoms with E-state index in [2.05, 4.69) is 175 Å². The van der Waals surface area contributed by atoms with Crippen molar-refractivity contribution in [1.82, 2.24) is 0 Å². The van der Waals surface area contributed by atoms with E-state index in [4.69, 9.17) is 4.42 Å². The van der Waals surface area contributed by atoms with Crippen molar-refractivity contribution >= 4 is 65.6 Å². The van der Waals surface area contributed by atoms with Gasteiger partial charge in [-0.2, -0.15) is 0 Å². The quantitative estimate of drug-likeness (QED) is 0.120. The molecule has 0 saturated heterocycles. The van der Waals surface area contributed by atoms with E-state index < -0.39 is 0 Å². The van der Waals surface area contributed by atoms with E-state index in [9.17, 15) is 0 Å². The zero-order chi connectivity index (χ0) is 34.1. The molecule has 0 aliphatic heterocycles. The minimum absolute atomic E-state index is 0.795. The second kappa shape index (κ2) is 13.0. The molecule has 2 heteroatoms. The van der Waals surface area contributed by atoms with E-state index in [1.54, 1.807) is 0 Å². The number of furan rings is 1. The van der Waals surface area contributed by atoms with E-state index in [1.165, 1.54) is 49.0 Å². The monoisotopic (exact) mass is 653 g/mol. The van der Waals surface area contributed by atoms with Gasteiger partial charge in [0.15, 0.2) is 0 Å². The van der Waals surface area contributed by atoms with Gasteiger partial charge in [0.05, 0.1) is 0 Å². The number of hydrogen-bond donors (Lipinski definition) is 0. The fourth-order valence-electron chi connectivity index (χ4n) is 7.34. The van der Waals surface area contributed by atoms with Gasteiger partial charge in [0.25, 0.3) is 0 Å². The van der Waals surface area contributed by atoms with Crippen molar-refractivity contribution in [3.05, 3.63) is 206 Å². The second-order valence-electron chi connectivity index (χ2n) is 13.0. The topological polar surface area (TPSA) is 16.4 Å². The number of benzene rings is 8. The Labute approximate surface area is 297 Å². The smallest absolute Gasteiger partial charge is 0.135 e. The van der Waals surface area contributed by atoms with Gasteiger partial charge in [-0.3, -0.25) is 0 Å². The van der Waals surface area contributed by atoms with Crippen LogP contribution in [0.2, 0.25) is 0 Å². The van der Waals surface area contributed by atoms with Gasteiger partial charge in [0.1, 0.15) is 11.2 Å². The van der Waals surface area contributed by atoms with Crippen LogP contribution in [-0.2, 0) is 6.42 Å². The highest BCUT2D eigenvalue weighted by atomic mass is 16.3. The van der Waals surface area contributed by atoms with Crippen LogP contribution >= 0.6 is 0 Å². The fraction of sp³-hybridized carbons (Fsp3) is 0.0204. The minimum Gasteiger partial charge on any atom is -0.456 e. The van der Waals surface area contributed by atoms with Crippen molar-refractivity contribution in [1.29, 1.82) is 0 Å². The van der Waals surface area contributed by atoms with Gasteiger partial charge in [-0.1, -0.05) is 146 Å². The zero-order valence-electron chi connectivity index (χ0n) is 28.2. The summed E-state index contributed by atoms with van der Waals surface area (Å²) in [6.07, 6.45) is 9.06. The highest BCUT2D eigenvalue weighted by Crippen LogP contribution is 2.38. The summed E-state index contributed by atoms with van der Waals surface area (Å²) in [4.78, 5) is 2.33. The van der Waals surface area contributed by atoms with Crippen LogP contribution < -0.4 is 4.90 Å². The van der Waals surface area contributed by atoms with Gasteiger partial charge >= 0.3 is 0 Å². The second-order valence-corrected chi connectivity index (χ2v) is 13.0. The third-order valence-corrected chi connectivity index (χ3v) is 9.87. The lowest BCUT2D eigenvalue weighted by Crippen LogP contribution is -2.15. The third kappa shape index (κ3) is 5.67. The first-order valence-corrected chi connectivity index (χ1v) is 17.4. The number of nitrogens with zero attached hydrogens (tertiary/aromatic N) is 1. The Hall–Kier alpha value is -6.64. The summed E-state index contributed by atoms with van der Waals surface area (Å²) in [5, 5.41) is 9.83. The number of rotatable bonds is 8. The van der Waals surface area contributed by atoms with Crippen LogP contribution in [-0.4, -0.2) is 0 Å². The predicted molar refractivity (Wildman–Crippen MR) is 218 cm³/mol.